The summed E-state index contributed by atoms with van der Waals surface area (Å²) in [5.41, 5.74) is 0. The van der Waals surface area contributed by atoms with Gasteiger partial charge in [0, 0.05) is 63.7 Å². The molecule has 0 aliphatic heterocycles. The first-order valence-corrected chi connectivity index (χ1v) is 47.0. The Hall–Kier alpha value is -3.26. The van der Waals surface area contributed by atoms with E-state index < -0.39 is 5.97 Å². The lowest BCUT2D eigenvalue weighted by molar-refractivity contribution is -0.151. The second-order valence-corrected chi connectivity index (χ2v) is 33.0. The summed E-state index contributed by atoms with van der Waals surface area (Å²) >= 11 is 0. The van der Waals surface area contributed by atoms with Crippen molar-refractivity contribution in [2.24, 2.45) is 0 Å². The molecule has 0 aliphatic carbocycles. The Balaban J connectivity index is 5.57. The molecule has 14 nitrogen and oxygen atoms in total. The molecule has 0 rings (SSSR count). The molecule has 0 saturated carbocycles. The summed E-state index contributed by atoms with van der Waals surface area (Å²) in [6, 6.07) is 0.235. The monoisotopic (exact) mass is 1510 g/mol. The van der Waals surface area contributed by atoms with Gasteiger partial charge in [-0.05, 0) is 168 Å². The van der Waals surface area contributed by atoms with Crippen molar-refractivity contribution < 1.29 is 48.1 Å². The molecule has 0 aromatic carbocycles. The predicted octanol–water partition coefficient (Wildman–Crippen LogP) is 26.1. The number of aliphatic carboxylic acids is 1. The highest BCUT2D eigenvalue weighted by Crippen LogP contribution is 2.24. The quantitative estimate of drug-likeness (QED) is 0.0298. The molecule has 2 amide bonds. The van der Waals surface area contributed by atoms with Gasteiger partial charge in [-0.1, -0.05) is 311 Å². The number of unbranched alkanes of at least 4 members (excludes halogenated alkanes) is 46. The zero-order valence-electron chi connectivity index (χ0n) is 72.2. The molecular formula is C93H180N4O10. The number of carboxylic acids is 1. The molecule has 0 saturated heterocycles. The minimum absolute atomic E-state index is 0.0219. The van der Waals surface area contributed by atoms with Gasteiger partial charge in [-0.25, -0.2) is 0 Å². The fourth-order valence-electron chi connectivity index (χ4n) is 15.2. The van der Waals surface area contributed by atoms with Crippen molar-refractivity contribution in [3.8, 4) is 0 Å². The Labute approximate surface area is 662 Å². The minimum atomic E-state index is -0.736. The number of hydrogen-bond acceptors (Lipinski definition) is 11. The molecule has 3 N–H and O–H groups in total. The van der Waals surface area contributed by atoms with E-state index >= 15 is 0 Å². The van der Waals surface area contributed by atoms with Crippen LogP contribution in [0.3, 0.4) is 0 Å². The third-order valence-electron chi connectivity index (χ3n) is 22.5. The van der Waals surface area contributed by atoms with Gasteiger partial charge < -0.3 is 30.0 Å². The first kappa shape index (κ1) is 104. The molecular weight excluding hydrogens is 1330 g/mol. The number of rotatable bonds is 86. The number of hydrogen-bond donors (Lipinski definition) is 3. The molecule has 0 aliphatic rings. The summed E-state index contributed by atoms with van der Waals surface area (Å²) < 4.78 is 18.5. The van der Waals surface area contributed by atoms with Gasteiger partial charge in [-0.15, -0.1) is 0 Å². The fourth-order valence-corrected chi connectivity index (χ4v) is 15.2. The topological polar surface area (TPSA) is 181 Å². The van der Waals surface area contributed by atoms with Crippen LogP contribution in [0.15, 0.2) is 0 Å². The van der Waals surface area contributed by atoms with Crippen LogP contribution in [0.5, 0.6) is 0 Å². The average Bonchev–Trinajstić information content (AvgIpc) is 0.960. The number of nitrogens with zero attached hydrogens (tertiary/aromatic N) is 2. The molecule has 0 spiro atoms. The Bertz CT molecular complexity index is 1860. The highest BCUT2D eigenvalue weighted by molar-refractivity contribution is 5.83. The van der Waals surface area contributed by atoms with Gasteiger partial charge in [0.1, 0.15) is 18.3 Å². The Kier molecular flexibility index (Phi) is 78.3. The van der Waals surface area contributed by atoms with E-state index in [1.807, 2.05) is 0 Å². The standard InChI is InChI=1S/C93H180N4O10/c1-9-15-21-27-37-51-65-85(66-52-38-28-22-16-10-2)105-91(102)72-58-44-34-48-62-78-96(77-61-47-33-43-57-71-90(100)101)83(7)81-94-88(98)75-76-89(99)95-82-84(8)97(79-63-49-35-45-59-73-92(103)106-86(67-53-39-29-23-17-11-3)68-54-40-30-24-18-12-4)80-64-50-36-46-60-74-93(104)107-87(69-55-41-31-25-19-13-5)70-56-42-32-26-20-14-6/h83-87H,9-82H2,1-8H3,(H,94,98)(H,95,99)(H,100,101). The third-order valence-corrected chi connectivity index (χ3v) is 22.5. The smallest absolute Gasteiger partial charge is 0.306 e. The van der Waals surface area contributed by atoms with Crippen LogP contribution in [-0.4, -0.2) is 120 Å². The highest BCUT2D eigenvalue weighted by atomic mass is 16.6. The maximum absolute atomic E-state index is 13.5. The third kappa shape index (κ3) is 72.7. The first-order valence-electron chi connectivity index (χ1n) is 47.0. The summed E-state index contributed by atoms with van der Waals surface area (Å²) in [6.07, 6.45) is 73.0. The number of nitrogens with one attached hydrogen (secondary N) is 2. The SMILES string of the molecule is CCCCCCCCC(CCCCCCCC)OC(=O)CCCCCCCN(CCCCCCCC(=O)O)C(C)CNC(=O)CCC(=O)NCC(C)N(CCCCCCCC(=O)OC(CCCCCCCC)CCCCCCCC)CCCCCCCC(=O)OC(CCCCCCCC)CCCCCCCC. The molecule has 0 aromatic rings. The van der Waals surface area contributed by atoms with E-state index in [-0.39, 0.29) is 79.4 Å². The number of carbonyl (C=O) groups excluding carboxylic acids is 5. The van der Waals surface area contributed by atoms with Crippen molar-refractivity contribution in [3.63, 3.8) is 0 Å². The van der Waals surface area contributed by atoms with E-state index in [9.17, 15) is 28.8 Å². The second-order valence-electron chi connectivity index (χ2n) is 33.0. The van der Waals surface area contributed by atoms with Crippen molar-refractivity contribution >= 4 is 35.7 Å². The van der Waals surface area contributed by atoms with Crippen LogP contribution in [0.4, 0.5) is 0 Å². The lowest BCUT2D eigenvalue weighted by Crippen LogP contribution is -2.44. The molecule has 2 atom stereocenters. The molecule has 0 radical (unpaired) electrons. The van der Waals surface area contributed by atoms with Crippen LogP contribution in [0.2, 0.25) is 0 Å². The molecule has 14 heteroatoms. The summed E-state index contributed by atoms with van der Waals surface area (Å²) in [6.45, 7) is 22.6. The number of amides is 2. The Morgan fingerprint density at radius 2 is 0.439 bits per heavy atom. The van der Waals surface area contributed by atoms with Crippen LogP contribution >= 0.6 is 0 Å². The molecule has 2 unspecified atom stereocenters. The van der Waals surface area contributed by atoms with Gasteiger partial charge in [0.2, 0.25) is 11.8 Å². The van der Waals surface area contributed by atoms with Crippen molar-refractivity contribution in [2.75, 3.05) is 39.3 Å². The Morgan fingerprint density at radius 1 is 0.252 bits per heavy atom. The number of esters is 3. The summed E-state index contributed by atoms with van der Waals surface area (Å²) in [5, 5.41) is 15.5. The Morgan fingerprint density at radius 3 is 0.654 bits per heavy atom. The zero-order chi connectivity index (χ0) is 78.4. The van der Waals surface area contributed by atoms with E-state index in [1.165, 1.54) is 193 Å². The lowest BCUT2D eigenvalue weighted by atomic mass is 10.0. The van der Waals surface area contributed by atoms with E-state index in [0.717, 1.165) is 225 Å². The first-order chi connectivity index (χ1) is 52.2. The molecule has 0 fully saturated rings. The van der Waals surface area contributed by atoms with Gasteiger partial charge in [0.05, 0.1) is 0 Å². The van der Waals surface area contributed by atoms with E-state index in [0.29, 0.717) is 38.8 Å². The largest absolute Gasteiger partial charge is 0.481 e. The maximum Gasteiger partial charge on any atom is 0.306 e. The summed E-state index contributed by atoms with van der Waals surface area (Å²) in [7, 11) is 0. The highest BCUT2D eigenvalue weighted by Gasteiger charge is 2.21. The van der Waals surface area contributed by atoms with Crippen LogP contribution in [0.1, 0.15) is 492 Å². The van der Waals surface area contributed by atoms with Crippen molar-refractivity contribution in [3.05, 3.63) is 0 Å². The van der Waals surface area contributed by atoms with Gasteiger partial charge in [-0.2, -0.15) is 0 Å². The molecule has 0 bridgehead atoms. The van der Waals surface area contributed by atoms with E-state index in [2.05, 4.69) is 75.8 Å². The molecule has 0 heterocycles. The average molecular weight is 1510 g/mol. The van der Waals surface area contributed by atoms with Crippen molar-refractivity contribution in [1.82, 2.24) is 20.4 Å². The van der Waals surface area contributed by atoms with E-state index in [4.69, 9.17) is 19.3 Å². The van der Waals surface area contributed by atoms with Crippen molar-refractivity contribution in [2.45, 2.75) is 522 Å². The van der Waals surface area contributed by atoms with Gasteiger partial charge in [-0.3, -0.25) is 38.6 Å². The lowest BCUT2D eigenvalue weighted by Gasteiger charge is -2.30. The minimum Gasteiger partial charge on any atom is -0.481 e. The molecule has 107 heavy (non-hydrogen) atoms. The zero-order valence-corrected chi connectivity index (χ0v) is 72.2. The van der Waals surface area contributed by atoms with E-state index in [1.54, 1.807) is 0 Å². The van der Waals surface area contributed by atoms with Crippen LogP contribution in [-0.2, 0) is 43.0 Å². The van der Waals surface area contributed by atoms with Gasteiger partial charge in [0.25, 0.3) is 0 Å². The second kappa shape index (κ2) is 80.8. The normalized spacial score (nSPS) is 12.3. The van der Waals surface area contributed by atoms with Gasteiger partial charge in [0.15, 0.2) is 0 Å². The van der Waals surface area contributed by atoms with Crippen LogP contribution in [0, 0.1) is 0 Å². The van der Waals surface area contributed by atoms with Crippen LogP contribution < -0.4 is 10.6 Å². The number of carbonyl (C=O) groups is 6. The number of carboxylic acid groups (broad SMARTS) is 1. The van der Waals surface area contributed by atoms with Crippen molar-refractivity contribution in [1.29, 1.82) is 0 Å². The predicted molar refractivity (Wildman–Crippen MR) is 453 cm³/mol. The molecule has 632 valence electrons. The fraction of sp³-hybridized carbons (Fsp3) is 0.935. The van der Waals surface area contributed by atoms with Crippen LogP contribution in [0.25, 0.3) is 0 Å². The summed E-state index contributed by atoms with van der Waals surface area (Å²) in [5.74, 6) is -1.03. The number of ether oxygens (including phenoxy) is 3. The summed E-state index contributed by atoms with van der Waals surface area (Å²) in [4.78, 5) is 82.4. The maximum atomic E-state index is 13.5. The van der Waals surface area contributed by atoms with Gasteiger partial charge >= 0.3 is 23.9 Å². The molecule has 0 aromatic heterocycles.